The Bertz CT molecular complexity index is 365. The molecule has 100 valence electrons. The topological polar surface area (TPSA) is 73.6 Å². The van der Waals surface area contributed by atoms with Crippen molar-refractivity contribution >= 4 is 6.09 Å². The summed E-state index contributed by atoms with van der Waals surface area (Å²) in [6.45, 7) is 3.67. The van der Waals surface area contributed by atoms with E-state index in [0.29, 0.717) is 6.42 Å². The summed E-state index contributed by atoms with van der Waals surface area (Å²) >= 11 is 0. The Kier molecular flexibility index (Phi) is 6.00. The van der Waals surface area contributed by atoms with E-state index in [1.807, 2.05) is 31.2 Å². The molecule has 18 heavy (non-hydrogen) atoms. The van der Waals surface area contributed by atoms with Gasteiger partial charge in [0.2, 0.25) is 0 Å². The van der Waals surface area contributed by atoms with E-state index in [9.17, 15) is 4.79 Å². The summed E-state index contributed by atoms with van der Waals surface area (Å²) in [5, 5.41) is 3.19. The molecular formula is C13H20N2O3. The predicted octanol–water partition coefficient (Wildman–Crippen LogP) is 1.83. The van der Waals surface area contributed by atoms with Crippen LogP contribution in [0.15, 0.2) is 24.3 Å². The van der Waals surface area contributed by atoms with Crippen molar-refractivity contribution in [2.45, 2.75) is 19.4 Å². The van der Waals surface area contributed by atoms with Crippen LogP contribution in [0.2, 0.25) is 0 Å². The van der Waals surface area contributed by atoms with E-state index in [0.717, 1.165) is 24.4 Å². The van der Waals surface area contributed by atoms with Gasteiger partial charge >= 0.3 is 6.09 Å². The van der Waals surface area contributed by atoms with Crippen LogP contribution in [-0.2, 0) is 4.74 Å². The number of methoxy groups -OCH3 is 1. The van der Waals surface area contributed by atoms with Crippen molar-refractivity contribution < 1.29 is 14.3 Å². The van der Waals surface area contributed by atoms with E-state index < -0.39 is 6.09 Å². The summed E-state index contributed by atoms with van der Waals surface area (Å²) in [5.74, 6) is 0.767. The van der Waals surface area contributed by atoms with Gasteiger partial charge in [0.1, 0.15) is 11.9 Å². The predicted molar refractivity (Wildman–Crippen MR) is 69.6 cm³/mol. The number of carbonyl (C=O) groups excluding carboxylic acids is 1. The lowest BCUT2D eigenvalue weighted by molar-refractivity contribution is 0.101. The Hall–Kier alpha value is -1.75. The normalized spacial score (nSPS) is 11.9. The van der Waals surface area contributed by atoms with Crippen LogP contribution in [0, 0.1) is 0 Å². The number of nitrogens with two attached hydrogens (primary N) is 1. The molecule has 1 unspecified atom stereocenters. The third kappa shape index (κ3) is 4.63. The number of primary amides is 1. The second-order valence-electron chi connectivity index (χ2n) is 3.84. The number of ether oxygens (including phenoxy) is 2. The summed E-state index contributed by atoms with van der Waals surface area (Å²) in [6, 6.07) is 7.41. The van der Waals surface area contributed by atoms with Gasteiger partial charge in [-0.2, -0.15) is 0 Å². The monoisotopic (exact) mass is 252 g/mol. The fourth-order valence-corrected chi connectivity index (χ4v) is 1.66. The van der Waals surface area contributed by atoms with Crippen LogP contribution in [0.4, 0.5) is 4.79 Å². The zero-order valence-corrected chi connectivity index (χ0v) is 10.8. The van der Waals surface area contributed by atoms with Gasteiger partial charge in [-0.1, -0.05) is 19.1 Å². The van der Waals surface area contributed by atoms with Crippen molar-refractivity contribution in [3.63, 3.8) is 0 Å². The lowest BCUT2D eigenvalue weighted by Gasteiger charge is -2.17. The molecule has 0 aromatic heterocycles. The van der Waals surface area contributed by atoms with E-state index in [-0.39, 0.29) is 6.10 Å². The standard InChI is InChI=1S/C13H20N2O3/c1-3-15-9-8-12(18-13(14)16)10-4-6-11(17-2)7-5-10/h4-7,12,15H,3,8-9H2,1-2H3,(H2,14,16). The molecule has 0 bridgehead atoms. The molecule has 1 atom stereocenters. The highest BCUT2D eigenvalue weighted by Gasteiger charge is 2.14. The van der Waals surface area contributed by atoms with Crippen molar-refractivity contribution in [2.75, 3.05) is 20.2 Å². The molecule has 5 nitrogen and oxygen atoms in total. The van der Waals surface area contributed by atoms with E-state index in [1.54, 1.807) is 7.11 Å². The third-order valence-corrected chi connectivity index (χ3v) is 2.58. The first kappa shape index (κ1) is 14.3. The minimum Gasteiger partial charge on any atom is -0.497 e. The van der Waals surface area contributed by atoms with Crippen LogP contribution >= 0.6 is 0 Å². The second-order valence-corrected chi connectivity index (χ2v) is 3.84. The molecule has 0 aliphatic rings. The van der Waals surface area contributed by atoms with Crippen molar-refractivity contribution in [3.05, 3.63) is 29.8 Å². The van der Waals surface area contributed by atoms with E-state index in [4.69, 9.17) is 15.2 Å². The van der Waals surface area contributed by atoms with Crippen molar-refractivity contribution in [2.24, 2.45) is 5.73 Å². The zero-order chi connectivity index (χ0) is 13.4. The number of nitrogens with one attached hydrogen (secondary N) is 1. The van der Waals surface area contributed by atoms with Crippen molar-refractivity contribution in [3.8, 4) is 5.75 Å². The lowest BCUT2D eigenvalue weighted by atomic mass is 10.1. The molecule has 0 aliphatic heterocycles. The van der Waals surface area contributed by atoms with Gasteiger partial charge in [0, 0.05) is 6.42 Å². The van der Waals surface area contributed by atoms with Crippen LogP contribution in [0.1, 0.15) is 25.0 Å². The largest absolute Gasteiger partial charge is 0.497 e. The fraction of sp³-hybridized carbons (Fsp3) is 0.462. The fourth-order valence-electron chi connectivity index (χ4n) is 1.66. The molecule has 0 spiro atoms. The Labute approximate surface area is 107 Å². The number of benzene rings is 1. The molecule has 0 radical (unpaired) electrons. The molecular weight excluding hydrogens is 232 g/mol. The molecule has 0 saturated heterocycles. The summed E-state index contributed by atoms with van der Waals surface area (Å²) in [6.07, 6.45) is -0.400. The SMILES string of the molecule is CCNCCC(OC(N)=O)c1ccc(OC)cc1. The molecule has 5 heteroatoms. The average molecular weight is 252 g/mol. The Morgan fingerprint density at radius 1 is 1.39 bits per heavy atom. The van der Waals surface area contributed by atoms with Crippen LogP contribution in [0.5, 0.6) is 5.75 Å². The molecule has 1 amide bonds. The summed E-state index contributed by atoms with van der Waals surface area (Å²) in [5.41, 5.74) is 5.99. The summed E-state index contributed by atoms with van der Waals surface area (Å²) < 4.78 is 10.2. The van der Waals surface area contributed by atoms with E-state index in [2.05, 4.69) is 5.32 Å². The first-order valence-electron chi connectivity index (χ1n) is 5.98. The quantitative estimate of drug-likeness (QED) is 0.726. The van der Waals surface area contributed by atoms with Gasteiger partial charge < -0.3 is 20.5 Å². The Balaban J connectivity index is 2.69. The van der Waals surface area contributed by atoms with E-state index in [1.165, 1.54) is 0 Å². The summed E-state index contributed by atoms with van der Waals surface area (Å²) in [7, 11) is 1.61. The Morgan fingerprint density at radius 2 is 2.06 bits per heavy atom. The molecule has 1 aromatic carbocycles. The third-order valence-electron chi connectivity index (χ3n) is 2.58. The zero-order valence-electron chi connectivity index (χ0n) is 10.8. The smallest absolute Gasteiger partial charge is 0.405 e. The minimum atomic E-state index is -0.757. The van der Waals surface area contributed by atoms with Crippen LogP contribution in [0.3, 0.4) is 0 Å². The maximum Gasteiger partial charge on any atom is 0.405 e. The number of hydrogen-bond donors (Lipinski definition) is 2. The Morgan fingerprint density at radius 3 is 2.56 bits per heavy atom. The molecule has 3 N–H and O–H groups in total. The van der Waals surface area contributed by atoms with Crippen LogP contribution in [-0.4, -0.2) is 26.3 Å². The van der Waals surface area contributed by atoms with Gasteiger partial charge in [0.15, 0.2) is 0 Å². The van der Waals surface area contributed by atoms with E-state index >= 15 is 0 Å². The lowest BCUT2D eigenvalue weighted by Crippen LogP contribution is -2.22. The highest BCUT2D eigenvalue weighted by atomic mass is 16.6. The summed E-state index contributed by atoms with van der Waals surface area (Å²) in [4.78, 5) is 10.9. The maximum absolute atomic E-state index is 10.9. The molecule has 0 fully saturated rings. The molecule has 0 saturated carbocycles. The minimum absolute atomic E-state index is 0.326. The average Bonchev–Trinajstić information content (AvgIpc) is 2.37. The second kappa shape index (κ2) is 7.55. The van der Waals surface area contributed by atoms with Crippen LogP contribution in [0.25, 0.3) is 0 Å². The highest BCUT2D eigenvalue weighted by molar-refractivity contribution is 5.65. The number of amides is 1. The molecule has 1 rings (SSSR count). The van der Waals surface area contributed by atoms with Gasteiger partial charge in [0.05, 0.1) is 7.11 Å². The maximum atomic E-state index is 10.9. The van der Waals surface area contributed by atoms with Gasteiger partial charge in [-0.05, 0) is 30.8 Å². The van der Waals surface area contributed by atoms with Crippen LogP contribution < -0.4 is 15.8 Å². The highest BCUT2D eigenvalue weighted by Crippen LogP contribution is 2.23. The molecule has 0 heterocycles. The number of hydrogen-bond acceptors (Lipinski definition) is 4. The van der Waals surface area contributed by atoms with Gasteiger partial charge in [-0.25, -0.2) is 4.79 Å². The van der Waals surface area contributed by atoms with Gasteiger partial charge in [0.25, 0.3) is 0 Å². The first-order valence-corrected chi connectivity index (χ1v) is 5.98. The number of carbonyl (C=O) groups is 1. The number of rotatable bonds is 7. The van der Waals surface area contributed by atoms with Gasteiger partial charge in [-0.15, -0.1) is 0 Å². The van der Waals surface area contributed by atoms with Crippen molar-refractivity contribution in [1.29, 1.82) is 0 Å². The molecule has 1 aromatic rings. The first-order chi connectivity index (χ1) is 8.67. The van der Waals surface area contributed by atoms with Gasteiger partial charge in [-0.3, -0.25) is 0 Å². The van der Waals surface area contributed by atoms with Crippen molar-refractivity contribution in [1.82, 2.24) is 5.32 Å². The molecule has 0 aliphatic carbocycles.